The molecule has 76 valence electrons. The fourth-order valence-corrected chi connectivity index (χ4v) is 1.67. The summed E-state index contributed by atoms with van der Waals surface area (Å²) in [5, 5.41) is 8.47. The molecule has 0 aliphatic carbocycles. The lowest BCUT2D eigenvalue weighted by atomic mass is 10.3. The summed E-state index contributed by atoms with van der Waals surface area (Å²) in [6.07, 6.45) is 0.469. The number of aliphatic carboxylic acids is 1. The standard InChI is InChI=1S/C8H14O4S/c1-6(5-8(11)12-2)13-4-3-7(9)10/h6H,3-5H2,1-2H3,(H,9,10). The highest BCUT2D eigenvalue weighted by Gasteiger charge is 2.09. The third-order valence-electron chi connectivity index (χ3n) is 1.40. The number of carboxylic acids is 1. The number of hydrogen-bond donors (Lipinski definition) is 1. The minimum atomic E-state index is -0.808. The number of thioether (sulfide) groups is 1. The van der Waals surface area contributed by atoms with Gasteiger partial charge in [0.2, 0.25) is 0 Å². The van der Waals surface area contributed by atoms with Crippen LogP contribution in [0, 0.1) is 0 Å². The van der Waals surface area contributed by atoms with Crippen molar-refractivity contribution < 1.29 is 19.4 Å². The Hall–Kier alpha value is -0.710. The van der Waals surface area contributed by atoms with Crippen LogP contribution in [0.4, 0.5) is 0 Å². The number of carbonyl (C=O) groups is 2. The van der Waals surface area contributed by atoms with Gasteiger partial charge in [-0.2, -0.15) is 11.8 Å². The van der Waals surface area contributed by atoms with Crippen molar-refractivity contribution in [2.75, 3.05) is 12.9 Å². The normalized spacial score (nSPS) is 12.2. The number of methoxy groups -OCH3 is 1. The Morgan fingerprint density at radius 1 is 1.54 bits per heavy atom. The second kappa shape index (κ2) is 6.77. The average molecular weight is 206 g/mol. The lowest BCUT2D eigenvalue weighted by molar-refractivity contribution is -0.140. The van der Waals surface area contributed by atoms with Crippen LogP contribution in [0.1, 0.15) is 19.8 Å². The zero-order chi connectivity index (χ0) is 10.3. The lowest BCUT2D eigenvalue weighted by Crippen LogP contribution is -2.09. The van der Waals surface area contributed by atoms with Gasteiger partial charge < -0.3 is 9.84 Å². The van der Waals surface area contributed by atoms with Gasteiger partial charge in [-0.05, 0) is 0 Å². The van der Waals surface area contributed by atoms with E-state index in [0.717, 1.165) is 0 Å². The molecule has 0 aromatic rings. The molecule has 0 spiro atoms. The van der Waals surface area contributed by atoms with E-state index in [-0.39, 0.29) is 17.6 Å². The monoisotopic (exact) mass is 206 g/mol. The molecule has 0 aliphatic rings. The van der Waals surface area contributed by atoms with Crippen LogP contribution >= 0.6 is 11.8 Å². The third kappa shape index (κ3) is 7.64. The Labute approximate surface area is 81.6 Å². The predicted molar refractivity (Wildman–Crippen MR) is 50.8 cm³/mol. The molecule has 0 rings (SSSR count). The van der Waals surface area contributed by atoms with Gasteiger partial charge in [-0.15, -0.1) is 0 Å². The van der Waals surface area contributed by atoms with Crippen molar-refractivity contribution >= 4 is 23.7 Å². The van der Waals surface area contributed by atoms with E-state index in [1.165, 1.54) is 18.9 Å². The number of ether oxygens (including phenoxy) is 1. The molecule has 0 bridgehead atoms. The molecular formula is C8H14O4S. The number of rotatable bonds is 6. The zero-order valence-electron chi connectivity index (χ0n) is 7.78. The van der Waals surface area contributed by atoms with E-state index in [1.54, 1.807) is 0 Å². The maximum Gasteiger partial charge on any atom is 0.306 e. The largest absolute Gasteiger partial charge is 0.481 e. The van der Waals surface area contributed by atoms with Gasteiger partial charge in [0, 0.05) is 11.0 Å². The molecule has 0 fully saturated rings. The van der Waals surface area contributed by atoms with E-state index < -0.39 is 5.97 Å². The van der Waals surface area contributed by atoms with E-state index in [0.29, 0.717) is 12.2 Å². The van der Waals surface area contributed by atoms with E-state index in [4.69, 9.17) is 5.11 Å². The molecule has 0 saturated carbocycles. The summed E-state index contributed by atoms with van der Waals surface area (Å²) in [6, 6.07) is 0. The molecule has 0 aromatic carbocycles. The quantitative estimate of drug-likeness (QED) is 0.660. The predicted octanol–water partition coefficient (Wildman–Crippen LogP) is 1.15. The summed E-state index contributed by atoms with van der Waals surface area (Å²) in [7, 11) is 1.34. The molecule has 0 aromatic heterocycles. The molecule has 13 heavy (non-hydrogen) atoms. The van der Waals surface area contributed by atoms with Crippen LogP contribution in [0.5, 0.6) is 0 Å². The van der Waals surface area contributed by atoms with Gasteiger partial charge in [-0.25, -0.2) is 0 Å². The highest BCUT2D eigenvalue weighted by atomic mass is 32.2. The fourth-order valence-electron chi connectivity index (χ4n) is 0.724. The maximum absolute atomic E-state index is 10.8. The molecule has 5 heteroatoms. The van der Waals surface area contributed by atoms with E-state index in [1.807, 2.05) is 6.92 Å². The summed E-state index contributed by atoms with van der Waals surface area (Å²) in [6.45, 7) is 1.88. The molecule has 0 saturated heterocycles. The van der Waals surface area contributed by atoms with Crippen molar-refractivity contribution in [3.05, 3.63) is 0 Å². The zero-order valence-corrected chi connectivity index (χ0v) is 8.60. The van der Waals surface area contributed by atoms with Gasteiger partial charge >= 0.3 is 11.9 Å². The van der Waals surface area contributed by atoms with Crippen molar-refractivity contribution in [3.8, 4) is 0 Å². The minimum Gasteiger partial charge on any atom is -0.481 e. The van der Waals surface area contributed by atoms with Gasteiger partial charge in [-0.3, -0.25) is 9.59 Å². The third-order valence-corrected chi connectivity index (χ3v) is 2.58. The summed E-state index contributed by atoms with van der Waals surface area (Å²) >= 11 is 1.47. The smallest absolute Gasteiger partial charge is 0.306 e. The molecule has 0 amide bonds. The maximum atomic E-state index is 10.8. The minimum absolute atomic E-state index is 0.117. The molecule has 1 unspecified atom stereocenters. The van der Waals surface area contributed by atoms with Gasteiger partial charge in [0.1, 0.15) is 0 Å². The van der Waals surface area contributed by atoms with Gasteiger partial charge in [0.05, 0.1) is 20.0 Å². The second-order valence-electron chi connectivity index (χ2n) is 2.61. The van der Waals surface area contributed by atoms with Crippen LogP contribution in [0.25, 0.3) is 0 Å². The molecule has 1 atom stereocenters. The first kappa shape index (κ1) is 12.3. The number of carbonyl (C=O) groups excluding carboxylic acids is 1. The molecule has 4 nitrogen and oxygen atoms in total. The Balaban J connectivity index is 3.45. The van der Waals surface area contributed by atoms with Crippen LogP contribution in [0.2, 0.25) is 0 Å². The Morgan fingerprint density at radius 3 is 2.62 bits per heavy atom. The topological polar surface area (TPSA) is 63.6 Å². The SMILES string of the molecule is COC(=O)CC(C)SCCC(=O)O. The van der Waals surface area contributed by atoms with E-state index >= 15 is 0 Å². The molecule has 0 radical (unpaired) electrons. The Kier molecular flexibility index (Phi) is 6.40. The summed E-state index contributed by atoms with van der Waals surface area (Å²) in [5.74, 6) is -0.527. The molecular weight excluding hydrogens is 192 g/mol. The van der Waals surface area contributed by atoms with Crippen LogP contribution in [0.15, 0.2) is 0 Å². The van der Waals surface area contributed by atoms with Crippen molar-refractivity contribution in [3.63, 3.8) is 0 Å². The summed E-state index contributed by atoms with van der Waals surface area (Å²) in [5.41, 5.74) is 0. The van der Waals surface area contributed by atoms with Crippen molar-refractivity contribution in [2.24, 2.45) is 0 Å². The van der Waals surface area contributed by atoms with Crippen LogP contribution in [0.3, 0.4) is 0 Å². The van der Waals surface area contributed by atoms with Crippen LogP contribution < -0.4 is 0 Å². The summed E-state index contributed by atoms with van der Waals surface area (Å²) < 4.78 is 4.48. The number of esters is 1. The van der Waals surface area contributed by atoms with Crippen molar-refractivity contribution in [1.29, 1.82) is 0 Å². The second-order valence-corrected chi connectivity index (χ2v) is 4.15. The van der Waals surface area contributed by atoms with E-state index in [2.05, 4.69) is 4.74 Å². The number of carboxylic acid groups (broad SMARTS) is 1. The fraction of sp³-hybridized carbons (Fsp3) is 0.750. The molecule has 0 heterocycles. The van der Waals surface area contributed by atoms with Crippen molar-refractivity contribution in [2.45, 2.75) is 25.0 Å². The Morgan fingerprint density at radius 2 is 2.15 bits per heavy atom. The highest BCUT2D eigenvalue weighted by molar-refractivity contribution is 7.99. The first-order valence-corrected chi connectivity index (χ1v) is 5.01. The summed E-state index contributed by atoms with van der Waals surface area (Å²) in [4.78, 5) is 20.9. The first-order valence-electron chi connectivity index (χ1n) is 3.96. The van der Waals surface area contributed by atoms with Gasteiger partial charge in [0.15, 0.2) is 0 Å². The molecule has 1 N–H and O–H groups in total. The van der Waals surface area contributed by atoms with Crippen molar-refractivity contribution in [1.82, 2.24) is 0 Å². The van der Waals surface area contributed by atoms with Gasteiger partial charge in [-0.1, -0.05) is 6.92 Å². The average Bonchev–Trinajstić information content (AvgIpc) is 2.03. The first-order chi connectivity index (χ1) is 6.06. The van der Waals surface area contributed by atoms with Gasteiger partial charge in [0.25, 0.3) is 0 Å². The van der Waals surface area contributed by atoms with E-state index in [9.17, 15) is 9.59 Å². The Bertz CT molecular complexity index is 181. The highest BCUT2D eigenvalue weighted by Crippen LogP contribution is 2.15. The molecule has 0 aliphatic heterocycles. The van der Waals surface area contributed by atoms with Crippen LogP contribution in [-0.2, 0) is 14.3 Å². The lowest BCUT2D eigenvalue weighted by Gasteiger charge is -2.07. The van der Waals surface area contributed by atoms with Crippen LogP contribution in [-0.4, -0.2) is 35.2 Å². The number of hydrogen-bond acceptors (Lipinski definition) is 4.